The van der Waals surface area contributed by atoms with Crippen LogP contribution < -0.4 is 5.32 Å². The lowest BCUT2D eigenvalue weighted by atomic mass is 10.1. The largest absolute Gasteiger partial charge is 0.378 e. The number of aromatic amines is 1. The van der Waals surface area contributed by atoms with Gasteiger partial charge in [0, 0.05) is 25.4 Å². The standard InChI is InChI=1S/C16H19N5/c1-3-14-15(11-21(2)20-14)17-9-13-10-18-19-16(13)12-7-5-4-6-8-12/h4-8,10-11,17H,3,9H2,1-2H3,(H,18,19). The minimum atomic E-state index is 0.722. The van der Waals surface area contributed by atoms with Crippen LogP contribution in [0.5, 0.6) is 0 Å². The molecule has 2 aromatic heterocycles. The van der Waals surface area contributed by atoms with Gasteiger partial charge in [0.1, 0.15) is 0 Å². The van der Waals surface area contributed by atoms with Crippen LogP contribution in [0.2, 0.25) is 0 Å². The zero-order valence-electron chi connectivity index (χ0n) is 12.3. The van der Waals surface area contributed by atoms with Crippen molar-refractivity contribution in [1.29, 1.82) is 0 Å². The van der Waals surface area contributed by atoms with E-state index in [4.69, 9.17) is 0 Å². The minimum Gasteiger partial charge on any atom is -0.378 e. The first-order chi connectivity index (χ1) is 10.3. The van der Waals surface area contributed by atoms with E-state index in [1.165, 1.54) is 0 Å². The highest BCUT2D eigenvalue weighted by Gasteiger charge is 2.09. The molecule has 21 heavy (non-hydrogen) atoms. The molecule has 0 spiro atoms. The molecule has 0 aliphatic heterocycles. The molecule has 3 aromatic rings. The monoisotopic (exact) mass is 281 g/mol. The Kier molecular flexibility index (Phi) is 3.73. The summed E-state index contributed by atoms with van der Waals surface area (Å²) in [4.78, 5) is 0. The van der Waals surface area contributed by atoms with Crippen molar-refractivity contribution in [3.63, 3.8) is 0 Å². The maximum atomic E-state index is 4.44. The van der Waals surface area contributed by atoms with Gasteiger partial charge in [-0.3, -0.25) is 9.78 Å². The summed E-state index contributed by atoms with van der Waals surface area (Å²) in [6.45, 7) is 2.83. The van der Waals surface area contributed by atoms with Crippen LogP contribution in [0, 0.1) is 0 Å². The molecule has 0 aliphatic rings. The van der Waals surface area contributed by atoms with Gasteiger partial charge in [-0.25, -0.2) is 0 Å². The van der Waals surface area contributed by atoms with Gasteiger partial charge in [-0.05, 0) is 12.0 Å². The van der Waals surface area contributed by atoms with Gasteiger partial charge in [0.15, 0.2) is 0 Å². The Bertz CT molecular complexity index is 711. The van der Waals surface area contributed by atoms with E-state index in [9.17, 15) is 0 Å². The van der Waals surface area contributed by atoms with Gasteiger partial charge >= 0.3 is 0 Å². The van der Waals surface area contributed by atoms with Gasteiger partial charge in [0.05, 0.1) is 23.3 Å². The first-order valence-corrected chi connectivity index (χ1v) is 7.12. The predicted molar refractivity (Wildman–Crippen MR) is 83.9 cm³/mol. The smallest absolute Gasteiger partial charge is 0.0853 e. The van der Waals surface area contributed by atoms with Gasteiger partial charge in [-0.2, -0.15) is 10.2 Å². The molecular formula is C16H19N5. The molecule has 2 N–H and O–H groups in total. The molecule has 5 nitrogen and oxygen atoms in total. The highest BCUT2D eigenvalue weighted by molar-refractivity contribution is 5.63. The van der Waals surface area contributed by atoms with Crippen molar-refractivity contribution >= 4 is 5.69 Å². The van der Waals surface area contributed by atoms with E-state index in [0.29, 0.717) is 0 Å². The number of aryl methyl sites for hydroxylation is 2. The van der Waals surface area contributed by atoms with Crippen molar-refractivity contribution < 1.29 is 0 Å². The van der Waals surface area contributed by atoms with E-state index >= 15 is 0 Å². The van der Waals surface area contributed by atoms with E-state index in [1.54, 1.807) is 0 Å². The van der Waals surface area contributed by atoms with Crippen LogP contribution in [0.4, 0.5) is 5.69 Å². The van der Waals surface area contributed by atoms with Gasteiger partial charge in [0.2, 0.25) is 0 Å². The zero-order valence-corrected chi connectivity index (χ0v) is 12.3. The first kappa shape index (κ1) is 13.4. The molecule has 0 radical (unpaired) electrons. The van der Waals surface area contributed by atoms with Crippen molar-refractivity contribution in [2.45, 2.75) is 19.9 Å². The molecule has 108 valence electrons. The van der Waals surface area contributed by atoms with Crippen LogP contribution in [-0.4, -0.2) is 20.0 Å². The fourth-order valence-electron chi connectivity index (χ4n) is 2.43. The molecule has 0 amide bonds. The van der Waals surface area contributed by atoms with E-state index < -0.39 is 0 Å². The topological polar surface area (TPSA) is 58.5 Å². The number of anilines is 1. The zero-order chi connectivity index (χ0) is 14.7. The van der Waals surface area contributed by atoms with E-state index in [2.05, 4.69) is 39.7 Å². The summed E-state index contributed by atoms with van der Waals surface area (Å²) in [6.07, 6.45) is 4.80. The van der Waals surface area contributed by atoms with Crippen LogP contribution in [0.15, 0.2) is 42.7 Å². The third kappa shape index (κ3) is 2.81. The lowest BCUT2D eigenvalue weighted by Gasteiger charge is -2.06. The Morgan fingerprint density at radius 2 is 2.05 bits per heavy atom. The maximum absolute atomic E-state index is 4.44. The first-order valence-electron chi connectivity index (χ1n) is 7.12. The Hall–Kier alpha value is -2.56. The minimum absolute atomic E-state index is 0.722. The molecule has 2 heterocycles. The van der Waals surface area contributed by atoms with Crippen LogP contribution in [0.25, 0.3) is 11.3 Å². The van der Waals surface area contributed by atoms with Crippen molar-refractivity contribution in [3.8, 4) is 11.3 Å². The number of H-pyrrole nitrogens is 1. The lowest BCUT2D eigenvalue weighted by molar-refractivity contribution is 0.746. The third-order valence-corrected chi connectivity index (χ3v) is 3.49. The number of nitrogens with one attached hydrogen (secondary N) is 2. The average Bonchev–Trinajstić information content (AvgIpc) is 3.12. The summed E-state index contributed by atoms with van der Waals surface area (Å²) >= 11 is 0. The number of aromatic nitrogens is 4. The van der Waals surface area contributed by atoms with Crippen LogP contribution >= 0.6 is 0 Å². The molecule has 0 aliphatic carbocycles. The molecule has 0 saturated carbocycles. The summed E-state index contributed by atoms with van der Waals surface area (Å²) < 4.78 is 1.84. The molecule has 5 heteroatoms. The highest BCUT2D eigenvalue weighted by Crippen LogP contribution is 2.22. The molecule has 0 atom stereocenters. The van der Waals surface area contributed by atoms with Crippen molar-refractivity contribution in [2.75, 3.05) is 5.32 Å². The molecule has 0 saturated heterocycles. The van der Waals surface area contributed by atoms with E-state index in [0.717, 1.165) is 41.2 Å². The van der Waals surface area contributed by atoms with Crippen molar-refractivity contribution in [1.82, 2.24) is 20.0 Å². The summed E-state index contributed by atoms with van der Waals surface area (Å²) in [5, 5.41) is 15.1. The fraction of sp³-hybridized carbons (Fsp3) is 0.250. The summed E-state index contributed by atoms with van der Waals surface area (Å²) in [5.74, 6) is 0. The SMILES string of the molecule is CCc1nn(C)cc1NCc1cn[nH]c1-c1ccccc1. The third-order valence-electron chi connectivity index (χ3n) is 3.49. The maximum Gasteiger partial charge on any atom is 0.0853 e. The van der Waals surface area contributed by atoms with Crippen LogP contribution in [0.3, 0.4) is 0 Å². The summed E-state index contributed by atoms with van der Waals surface area (Å²) in [6, 6.07) is 10.2. The highest BCUT2D eigenvalue weighted by atomic mass is 15.3. The molecule has 3 rings (SSSR count). The fourth-order valence-corrected chi connectivity index (χ4v) is 2.43. The average molecular weight is 281 g/mol. The molecular weight excluding hydrogens is 262 g/mol. The van der Waals surface area contributed by atoms with Crippen molar-refractivity contribution in [3.05, 3.63) is 54.0 Å². The Balaban J connectivity index is 1.79. The second kappa shape index (κ2) is 5.83. The van der Waals surface area contributed by atoms with Gasteiger partial charge in [-0.1, -0.05) is 37.3 Å². The van der Waals surface area contributed by atoms with Crippen LogP contribution in [0.1, 0.15) is 18.2 Å². The van der Waals surface area contributed by atoms with E-state index in [-0.39, 0.29) is 0 Å². The molecule has 0 fully saturated rings. The molecule has 0 unspecified atom stereocenters. The van der Waals surface area contributed by atoms with Gasteiger partial charge in [0.25, 0.3) is 0 Å². The Labute approximate surface area is 124 Å². The number of benzene rings is 1. The Morgan fingerprint density at radius 3 is 2.81 bits per heavy atom. The molecule has 0 bridgehead atoms. The predicted octanol–water partition coefficient (Wildman–Crippen LogP) is 2.98. The normalized spacial score (nSPS) is 10.8. The molecule has 1 aromatic carbocycles. The number of hydrogen-bond acceptors (Lipinski definition) is 3. The summed E-state index contributed by atoms with van der Waals surface area (Å²) in [7, 11) is 1.94. The van der Waals surface area contributed by atoms with Gasteiger partial charge < -0.3 is 5.32 Å². The number of rotatable bonds is 5. The van der Waals surface area contributed by atoms with Crippen LogP contribution in [-0.2, 0) is 20.0 Å². The number of nitrogens with zero attached hydrogens (tertiary/aromatic N) is 3. The van der Waals surface area contributed by atoms with E-state index in [1.807, 2.05) is 42.3 Å². The summed E-state index contributed by atoms with van der Waals surface area (Å²) in [5.41, 5.74) is 5.52. The second-order valence-corrected chi connectivity index (χ2v) is 5.01. The number of hydrogen-bond donors (Lipinski definition) is 2. The quantitative estimate of drug-likeness (QED) is 0.756. The van der Waals surface area contributed by atoms with Gasteiger partial charge in [-0.15, -0.1) is 0 Å². The van der Waals surface area contributed by atoms with Crippen molar-refractivity contribution in [2.24, 2.45) is 7.05 Å². The lowest BCUT2D eigenvalue weighted by Crippen LogP contribution is -2.01. The second-order valence-electron chi connectivity index (χ2n) is 5.01. The Morgan fingerprint density at radius 1 is 1.24 bits per heavy atom.